The van der Waals surface area contributed by atoms with E-state index in [0.29, 0.717) is 25.8 Å². The number of rotatable bonds is 15. The highest BCUT2D eigenvalue weighted by Crippen LogP contribution is 2.22. The van der Waals surface area contributed by atoms with Crippen LogP contribution < -0.4 is 27.4 Å². The molecule has 0 aliphatic carbocycles. The minimum Gasteiger partial charge on any atom is -0.480 e. The molecule has 0 spiro atoms. The van der Waals surface area contributed by atoms with Gasteiger partial charge in [-0.05, 0) is 55.7 Å². The van der Waals surface area contributed by atoms with Crippen LogP contribution >= 0.6 is 0 Å². The van der Waals surface area contributed by atoms with Crippen molar-refractivity contribution in [3.63, 3.8) is 0 Å². The minimum absolute atomic E-state index is 0.0171. The predicted octanol–water partition coefficient (Wildman–Crippen LogP) is 1.01. The van der Waals surface area contributed by atoms with E-state index in [-0.39, 0.29) is 24.7 Å². The maximum absolute atomic E-state index is 14.0. The number of amides is 4. The highest BCUT2D eigenvalue weighted by Gasteiger charge is 2.39. The lowest BCUT2D eigenvalue weighted by Crippen LogP contribution is -2.60. The first-order valence-electron chi connectivity index (χ1n) is 15.8. The van der Waals surface area contributed by atoms with Crippen LogP contribution in [0.25, 0.3) is 10.9 Å². The van der Waals surface area contributed by atoms with Gasteiger partial charge in [-0.15, -0.1) is 0 Å². The van der Waals surface area contributed by atoms with Gasteiger partial charge in [-0.3, -0.25) is 19.2 Å². The van der Waals surface area contributed by atoms with Gasteiger partial charge in [0.25, 0.3) is 0 Å². The molecule has 1 aromatic carbocycles. The topological polar surface area (TPSA) is 213 Å². The molecule has 1 unspecified atom stereocenters. The number of fused-ring (bicyclic) bond motifs is 1. The number of nitrogens with two attached hydrogens (primary N) is 2. The van der Waals surface area contributed by atoms with Crippen LogP contribution in [0.5, 0.6) is 0 Å². The first-order chi connectivity index (χ1) is 21.2. The van der Waals surface area contributed by atoms with Crippen LogP contribution in [0.15, 0.2) is 30.5 Å². The zero-order chi connectivity index (χ0) is 33.4. The van der Waals surface area contributed by atoms with Crippen LogP contribution in [0.3, 0.4) is 0 Å². The van der Waals surface area contributed by atoms with Crippen molar-refractivity contribution < 1.29 is 29.1 Å². The zero-order valence-corrected chi connectivity index (χ0v) is 26.8. The number of carbonyl (C=O) groups is 5. The van der Waals surface area contributed by atoms with Gasteiger partial charge >= 0.3 is 5.97 Å². The maximum atomic E-state index is 14.0. The molecule has 9 N–H and O–H groups in total. The molecule has 3 rings (SSSR count). The second kappa shape index (κ2) is 15.8. The van der Waals surface area contributed by atoms with Gasteiger partial charge in [0.2, 0.25) is 23.6 Å². The van der Waals surface area contributed by atoms with Crippen molar-refractivity contribution in [3.05, 3.63) is 36.0 Å². The summed E-state index contributed by atoms with van der Waals surface area (Å²) in [6.07, 6.45) is 3.63. The van der Waals surface area contributed by atoms with Crippen molar-refractivity contribution >= 4 is 40.5 Å². The number of carboxylic acids is 1. The van der Waals surface area contributed by atoms with E-state index < -0.39 is 65.8 Å². The van der Waals surface area contributed by atoms with Crippen molar-refractivity contribution in [2.45, 2.75) is 103 Å². The summed E-state index contributed by atoms with van der Waals surface area (Å²) in [6.45, 7) is 9.34. The smallest absolute Gasteiger partial charge is 0.326 e. The number of hydrogen-bond donors (Lipinski definition) is 7. The highest BCUT2D eigenvalue weighted by molar-refractivity contribution is 5.96. The van der Waals surface area contributed by atoms with Crippen molar-refractivity contribution in [3.8, 4) is 0 Å². The van der Waals surface area contributed by atoms with Gasteiger partial charge < -0.3 is 42.4 Å². The summed E-state index contributed by atoms with van der Waals surface area (Å²) in [4.78, 5) is 70.5. The lowest BCUT2D eigenvalue weighted by Gasteiger charge is -2.30. The Morgan fingerprint density at radius 2 is 1.71 bits per heavy atom. The molecular weight excluding hydrogens is 578 g/mol. The lowest BCUT2D eigenvalue weighted by molar-refractivity contribution is -0.143. The third kappa shape index (κ3) is 9.04. The molecule has 0 radical (unpaired) electrons. The monoisotopic (exact) mass is 627 g/mol. The average Bonchev–Trinajstić information content (AvgIpc) is 3.68. The Morgan fingerprint density at radius 3 is 2.33 bits per heavy atom. The van der Waals surface area contributed by atoms with Crippen LogP contribution in [-0.4, -0.2) is 87.4 Å². The molecule has 4 amide bonds. The lowest BCUT2D eigenvalue weighted by atomic mass is 9.95. The minimum atomic E-state index is -1.16. The molecule has 13 nitrogen and oxygen atoms in total. The van der Waals surface area contributed by atoms with Crippen LogP contribution in [-0.2, 0) is 30.4 Å². The van der Waals surface area contributed by atoms with Gasteiger partial charge in [0.15, 0.2) is 0 Å². The van der Waals surface area contributed by atoms with E-state index >= 15 is 0 Å². The average molecular weight is 628 g/mol. The Bertz CT molecular complexity index is 1360. The molecule has 13 heteroatoms. The Balaban J connectivity index is 1.89. The van der Waals surface area contributed by atoms with E-state index in [9.17, 15) is 29.1 Å². The first-order valence-corrected chi connectivity index (χ1v) is 15.8. The number of nitrogens with zero attached hydrogens (tertiary/aromatic N) is 1. The fourth-order valence-corrected chi connectivity index (χ4v) is 5.66. The third-order valence-electron chi connectivity index (χ3n) is 8.55. The summed E-state index contributed by atoms with van der Waals surface area (Å²) >= 11 is 0. The SMILES string of the molecule is CC[C@H](C)[C@H](NC(=O)[C@H](Cc1cccc2[nH]ccc12)NC(=O)[C@@H]1CCCN1C(=O)[C@@H](N)C(C)N)C(=O)N[C@@H](CC(C)C)C(=O)O. The molecule has 2 aromatic rings. The highest BCUT2D eigenvalue weighted by atomic mass is 16.4. The van der Waals surface area contributed by atoms with Gasteiger partial charge in [-0.1, -0.05) is 46.2 Å². The molecule has 1 aliphatic heterocycles. The standard InChI is InChI=1S/C32H49N7O6/c1-6-18(4)27(30(42)37-24(32(44)45)15-17(2)3)38-28(40)23(16-20-9-7-10-22-21(20)12-13-35-22)36-29(41)25-11-8-14-39(25)31(43)26(34)19(5)33/h7,9-10,12-13,17-19,23-27,35H,6,8,11,14-16,33-34H2,1-5H3,(H,36,41)(H,37,42)(H,38,40)(H,44,45)/t18-,19?,23-,24-,25-,26-,27-/m0/s1. The summed E-state index contributed by atoms with van der Waals surface area (Å²) in [5, 5.41) is 18.8. The third-order valence-corrected chi connectivity index (χ3v) is 8.55. The molecule has 7 atom stereocenters. The quantitative estimate of drug-likeness (QED) is 0.151. The first kappa shape index (κ1) is 35.5. The second-order valence-electron chi connectivity index (χ2n) is 12.6. The molecular formula is C32H49N7O6. The molecule has 1 fully saturated rings. The van der Waals surface area contributed by atoms with E-state index in [0.717, 1.165) is 16.5 Å². The second-order valence-corrected chi connectivity index (χ2v) is 12.6. The number of likely N-dealkylation sites (tertiary alicyclic amines) is 1. The summed E-state index contributed by atoms with van der Waals surface area (Å²) in [5.41, 5.74) is 13.5. The van der Waals surface area contributed by atoms with Gasteiger partial charge in [0, 0.05) is 36.1 Å². The Hall–Kier alpha value is -3.97. The molecule has 1 saturated heterocycles. The molecule has 1 aliphatic rings. The number of H-pyrrole nitrogens is 1. The van der Waals surface area contributed by atoms with Crippen LogP contribution in [0, 0.1) is 11.8 Å². The van der Waals surface area contributed by atoms with Gasteiger partial charge in [-0.25, -0.2) is 4.79 Å². The largest absolute Gasteiger partial charge is 0.480 e. The Kier molecular flexibility index (Phi) is 12.5. The zero-order valence-electron chi connectivity index (χ0n) is 26.8. The molecule has 45 heavy (non-hydrogen) atoms. The number of hydrogen-bond acceptors (Lipinski definition) is 7. The Labute approximate surface area is 264 Å². The van der Waals surface area contributed by atoms with Gasteiger partial charge in [-0.2, -0.15) is 0 Å². The van der Waals surface area contributed by atoms with Crippen LogP contribution in [0.4, 0.5) is 0 Å². The predicted molar refractivity (Wildman–Crippen MR) is 171 cm³/mol. The number of carbonyl (C=O) groups excluding carboxylic acids is 4. The van der Waals surface area contributed by atoms with E-state index in [2.05, 4.69) is 20.9 Å². The number of nitrogens with one attached hydrogen (secondary N) is 4. The van der Waals surface area contributed by atoms with Crippen molar-refractivity contribution in [2.24, 2.45) is 23.3 Å². The number of aromatic amines is 1. The van der Waals surface area contributed by atoms with Gasteiger partial charge in [0.05, 0.1) is 6.04 Å². The number of carboxylic acid groups (broad SMARTS) is 1. The molecule has 0 bridgehead atoms. The molecule has 1 aromatic heterocycles. The summed E-state index contributed by atoms with van der Waals surface area (Å²) in [5.74, 6) is -3.63. The van der Waals surface area contributed by atoms with E-state index in [1.54, 1.807) is 20.0 Å². The number of aliphatic carboxylic acids is 1. The van der Waals surface area contributed by atoms with Crippen molar-refractivity contribution in [2.75, 3.05) is 6.54 Å². The van der Waals surface area contributed by atoms with E-state index in [1.165, 1.54) is 4.90 Å². The molecule has 248 valence electrons. The van der Waals surface area contributed by atoms with Crippen molar-refractivity contribution in [1.82, 2.24) is 25.8 Å². The summed E-state index contributed by atoms with van der Waals surface area (Å²) in [6, 6.07) is 1.80. The van der Waals surface area contributed by atoms with Crippen molar-refractivity contribution in [1.29, 1.82) is 0 Å². The van der Waals surface area contributed by atoms with Crippen LogP contribution in [0.1, 0.15) is 65.9 Å². The van der Waals surface area contributed by atoms with Gasteiger partial charge in [0.1, 0.15) is 24.2 Å². The van der Waals surface area contributed by atoms with E-state index in [1.807, 2.05) is 45.0 Å². The summed E-state index contributed by atoms with van der Waals surface area (Å²) in [7, 11) is 0. The fraction of sp³-hybridized carbons (Fsp3) is 0.594. The molecule has 2 heterocycles. The Morgan fingerprint density at radius 1 is 1.00 bits per heavy atom. The molecule has 0 saturated carbocycles. The summed E-state index contributed by atoms with van der Waals surface area (Å²) < 4.78 is 0. The van der Waals surface area contributed by atoms with E-state index in [4.69, 9.17) is 11.5 Å². The normalized spacial score (nSPS) is 18.9. The van der Waals surface area contributed by atoms with Crippen LogP contribution in [0.2, 0.25) is 0 Å². The maximum Gasteiger partial charge on any atom is 0.326 e. The fourth-order valence-electron chi connectivity index (χ4n) is 5.66. The number of aromatic nitrogens is 1. The number of benzene rings is 1.